The molecule has 0 unspecified atom stereocenters. The highest BCUT2D eigenvalue weighted by molar-refractivity contribution is 6.01. The van der Waals surface area contributed by atoms with E-state index >= 15 is 0 Å². The van der Waals surface area contributed by atoms with Crippen molar-refractivity contribution in [1.29, 1.82) is 0 Å². The number of amides is 18. The molecule has 0 radical (unpaired) electrons. The Morgan fingerprint density at radius 3 is 1.19 bits per heavy atom. The lowest BCUT2D eigenvalue weighted by Gasteiger charge is -2.28. The van der Waals surface area contributed by atoms with E-state index in [0.29, 0.717) is 31.4 Å². The minimum absolute atomic E-state index is 0.0268. The fourth-order valence-electron chi connectivity index (χ4n) is 12.2. The molecule has 0 bridgehead atoms. The Labute approximate surface area is 735 Å². The Morgan fingerprint density at radius 1 is 0.370 bits per heavy atom. The number of benzene rings is 2. The molecule has 48 nitrogen and oxygen atoms in total. The normalized spacial score (nSPS) is 14.5. The summed E-state index contributed by atoms with van der Waals surface area (Å²) in [6, 6.07) is -2.36. The van der Waals surface area contributed by atoms with Gasteiger partial charge < -0.3 is 153 Å². The second-order valence-electron chi connectivity index (χ2n) is 30.7. The molecule has 0 aromatic heterocycles. The maximum Gasteiger partial charge on any atom is 0.245 e. The molecule has 0 heterocycles. The topological polar surface area (TPSA) is 825 Å². The monoisotopic (exact) mass is 1790 g/mol. The van der Waals surface area contributed by atoms with E-state index in [1.807, 2.05) is 30.3 Å². The quantitative estimate of drug-likeness (QED) is 0.0166. The van der Waals surface area contributed by atoms with Crippen molar-refractivity contribution >= 4 is 118 Å². The van der Waals surface area contributed by atoms with Crippen LogP contribution in [0.3, 0.4) is 0 Å². The van der Waals surface area contributed by atoms with Gasteiger partial charge in [-0.05, 0) is 141 Å². The first-order valence-electron chi connectivity index (χ1n) is 41.7. The molecular weight excluding hydrogens is 1660 g/mol. The van der Waals surface area contributed by atoms with Crippen molar-refractivity contribution in [2.45, 2.75) is 235 Å². The van der Waals surface area contributed by atoms with Gasteiger partial charge in [0.05, 0.1) is 38.8 Å². The minimum Gasteiger partial charge on any atom is -0.394 e. The molecule has 127 heavy (non-hydrogen) atoms. The molecule has 18 amide bonds. The number of aliphatic hydroxyl groups excluding tert-OH is 2. The van der Waals surface area contributed by atoms with Crippen molar-refractivity contribution in [3.63, 3.8) is 0 Å². The van der Waals surface area contributed by atoms with Crippen molar-refractivity contribution in [1.82, 2.24) is 85.1 Å². The van der Waals surface area contributed by atoms with Crippen LogP contribution in [0, 0.1) is 5.92 Å². The van der Waals surface area contributed by atoms with Gasteiger partial charge in [-0.1, -0.05) is 74.5 Å². The molecule has 0 saturated carbocycles. The molecule has 708 valence electrons. The number of nitrogens with zero attached hydrogens (tertiary/aromatic N) is 2. The van der Waals surface area contributed by atoms with Crippen LogP contribution in [0.2, 0.25) is 0 Å². The molecule has 0 fully saturated rings. The predicted octanol–water partition coefficient (Wildman–Crippen LogP) is -11.6. The maximum atomic E-state index is 14.4. The molecule has 0 saturated heterocycles. The summed E-state index contributed by atoms with van der Waals surface area (Å²) >= 11 is 0. The zero-order chi connectivity index (χ0) is 95.4. The SMILES string of the molecule is CC(C)C[C@H](NC(=O)[C@H](CCCCN)NC(=O)[C@H](CCCN=C(N)N)NC(=O)[C@H](C)NC(=O)[C@H](CO)NC(=O)[C@H](CCCCN)NC(=O)[C@H](CCCN=C(N)N)NC(=O)[C@H](C)NC(=O)CNC(=O)[C@@H](NC(=O)[C@H](Cc1ccccc1)NC(=O)CNC(=O)CNC[C@@H](N)Cc1ccccc1)[C@@H](C)O)C(=O)N[C@@H](C)C(=O)N[C@@H](CC(N)=O)C(=O)N[C@@H](CCC(N)=O)C(N)=O. The third kappa shape index (κ3) is 46.1. The molecule has 0 aliphatic heterocycles. The highest BCUT2D eigenvalue weighted by Crippen LogP contribution is 2.13. The number of carbonyl (C=O) groups excluding carboxylic acids is 18. The molecule has 0 spiro atoms. The van der Waals surface area contributed by atoms with Gasteiger partial charge in [-0.3, -0.25) is 96.3 Å². The summed E-state index contributed by atoms with van der Waals surface area (Å²) in [6.45, 7) is 6.01. The van der Waals surface area contributed by atoms with Crippen LogP contribution in [0.1, 0.15) is 143 Å². The standard InChI is InChI=1S/C79H132N28O20/c1-42(2)33-55(73(123)96-45(5)68(118)104-57(36-60(84)111)74(124)99-50(65(85)115)27-28-59(83)110)105-71(121)51(23-13-15-29-80)102-70(120)54(26-18-32-92-79(88)89)101-67(117)44(4)97-76(126)58(41-108)106-72(122)52(24-14-16-30-81)103-69(119)53(25-17-31-91-78(86)87)100-66(116)43(3)95-62(113)40-94-77(127)64(46(6)109)107-75(125)56(35-48-21-11-8-12-22-48)98-63(114)39-93-61(112)38-90-37-49(82)34-47-19-9-7-10-20-47/h7-12,19-22,42-46,49-58,64,90,108-109H,13-18,23-41,80-82H2,1-6H3,(H2,83,110)(H2,84,111)(H2,85,115)(H,93,112)(H,94,127)(H,95,113)(H,96,123)(H,97,126)(H,98,114)(H,99,124)(H,100,116)(H,101,117)(H,102,120)(H,103,119)(H,104,118)(H,105,121)(H,106,122)(H,107,125)(H4,86,87,91)(H4,88,89,92)/t43-,44-,45-,46+,49-,50-,51-,52-,53-,54-,55-,56-,57-,58-,64-/m0/s1. The van der Waals surface area contributed by atoms with Gasteiger partial charge in [0, 0.05) is 38.5 Å². The van der Waals surface area contributed by atoms with Crippen LogP contribution >= 0.6 is 0 Å². The molecular formula is C79H132N28O20. The number of rotatable bonds is 63. The maximum absolute atomic E-state index is 14.4. The number of guanidine groups is 2. The summed E-state index contributed by atoms with van der Waals surface area (Å²) in [6.07, 6.45) is -2.19. The Balaban J connectivity index is 2.30. The van der Waals surface area contributed by atoms with Gasteiger partial charge >= 0.3 is 0 Å². The van der Waals surface area contributed by atoms with E-state index in [9.17, 15) is 96.5 Å². The number of nitrogens with two attached hydrogens (primary N) is 10. The van der Waals surface area contributed by atoms with Gasteiger partial charge in [0.15, 0.2) is 11.9 Å². The van der Waals surface area contributed by atoms with Gasteiger partial charge in [-0.2, -0.15) is 0 Å². The third-order valence-corrected chi connectivity index (χ3v) is 19.0. The van der Waals surface area contributed by atoms with Crippen molar-refractivity contribution < 1.29 is 96.5 Å². The average Bonchev–Trinajstić information content (AvgIpc) is 0.866. The van der Waals surface area contributed by atoms with Gasteiger partial charge in [-0.25, -0.2) is 0 Å². The number of hydrogen-bond donors (Lipinski definition) is 28. The van der Waals surface area contributed by atoms with E-state index in [1.165, 1.54) is 27.7 Å². The third-order valence-electron chi connectivity index (χ3n) is 19.0. The molecule has 15 atom stereocenters. The number of unbranched alkanes of at least 4 members (excludes halogenated alkanes) is 2. The molecule has 2 aromatic rings. The summed E-state index contributed by atoms with van der Waals surface area (Å²) in [5, 5.41) is 60.8. The molecule has 0 aliphatic rings. The van der Waals surface area contributed by atoms with Crippen molar-refractivity contribution in [2.24, 2.45) is 73.2 Å². The Morgan fingerprint density at radius 2 is 0.756 bits per heavy atom. The van der Waals surface area contributed by atoms with E-state index < -0.39 is 217 Å². The second-order valence-corrected chi connectivity index (χ2v) is 30.7. The number of aliphatic hydroxyl groups is 2. The minimum atomic E-state index is -1.84. The van der Waals surface area contributed by atoms with E-state index in [0.717, 1.165) is 5.56 Å². The lowest BCUT2D eigenvalue weighted by molar-refractivity contribution is -0.136. The number of carbonyl (C=O) groups is 18. The zero-order valence-electron chi connectivity index (χ0n) is 72.6. The van der Waals surface area contributed by atoms with Crippen molar-refractivity contribution in [2.75, 3.05) is 59.0 Å². The van der Waals surface area contributed by atoms with Crippen LogP contribution in [-0.4, -0.2) is 278 Å². The summed E-state index contributed by atoms with van der Waals surface area (Å²) in [7, 11) is 0. The number of hydrogen-bond acceptors (Lipinski definition) is 26. The van der Waals surface area contributed by atoms with Crippen LogP contribution in [0.25, 0.3) is 0 Å². The average molecular weight is 1790 g/mol. The van der Waals surface area contributed by atoms with Gasteiger partial charge in [0.2, 0.25) is 106 Å². The smallest absolute Gasteiger partial charge is 0.245 e. The van der Waals surface area contributed by atoms with Gasteiger partial charge in [0.1, 0.15) is 78.5 Å². The number of primary amides is 3. The Bertz CT molecular complexity index is 4010. The first kappa shape index (κ1) is 110. The fourth-order valence-corrected chi connectivity index (χ4v) is 12.2. The zero-order valence-corrected chi connectivity index (χ0v) is 72.6. The fraction of sp³-hybridized carbons (Fsp3) is 0.595. The lowest BCUT2D eigenvalue weighted by Crippen LogP contribution is -2.60. The van der Waals surface area contributed by atoms with E-state index in [-0.39, 0.29) is 134 Å². The summed E-state index contributed by atoms with van der Waals surface area (Å²) in [5.74, 6) is -18.3. The lowest BCUT2D eigenvalue weighted by atomic mass is 10.0. The molecule has 0 aliphatic carbocycles. The number of aliphatic imine (C=N–C) groups is 2. The predicted molar refractivity (Wildman–Crippen MR) is 465 cm³/mol. The van der Waals surface area contributed by atoms with Gasteiger partial charge in [0.25, 0.3) is 0 Å². The van der Waals surface area contributed by atoms with Crippen LogP contribution in [-0.2, 0) is 99.1 Å². The highest BCUT2D eigenvalue weighted by atomic mass is 16.3. The van der Waals surface area contributed by atoms with Crippen LogP contribution < -0.4 is 142 Å². The van der Waals surface area contributed by atoms with E-state index in [2.05, 4.69) is 95.1 Å². The summed E-state index contributed by atoms with van der Waals surface area (Å²) in [5.41, 5.74) is 57.4. The first-order chi connectivity index (χ1) is 60.0. The van der Waals surface area contributed by atoms with E-state index in [4.69, 9.17) is 57.3 Å². The Kier molecular flexibility index (Phi) is 52.0. The van der Waals surface area contributed by atoms with Crippen LogP contribution in [0.4, 0.5) is 0 Å². The van der Waals surface area contributed by atoms with Crippen molar-refractivity contribution in [3.8, 4) is 0 Å². The molecule has 2 rings (SSSR count). The summed E-state index contributed by atoms with van der Waals surface area (Å²) < 4.78 is 0. The van der Waals surface area contributed by atoms with Crippen LogP contribution in [0.15, 0.2) is 70.6 Å². The first-order valence-corrected chi connectivity index (χ1v) is 41.7. The highest BCUT2D eigenvalue weighted by Gasteiger charge is 2.37. The van der Waals surface area contributed by atoms with Crippen LogP contribution in [0.5, 0.6) is 0 Å². The molecule has 38 N–H and O–H groups in total. The molecule has 48 heteroatoms. The largest absolute Gasteiger partial charge is 0.394 e. The summed E-state index contributed by atoms with van der Waals surface area (Å²) in [4.78, 5) is 250. The number of nitrogens with one attached hydrogen (secondary N) is 16. The molecule has 2 aromatic carbocycles. The second kappa shape index (κ2) is 59.9. The van der Waals surface area contributed by atoms with E-state index in [1.54, 1.807) is 44.2 Å². The van der Waals surface area contributed by atoms with Gasteiger partial charge in [-0.15, -0.1) is 0 Å². The Hall–Kier alpha value is -12.8. The van der Waals surface area contributed by atoms with Crippen molar-refractivity contribution in [3.05, 3.63) is 71.8 Å².